The summed E-state index contributed by atoms with van der Waals surface area (Å²) in [6.45, 7) is 6.98. The van der Waals surface area contributed by atoms with Gasteiger partial charge >= 0.3 is 0 Å². The second-order valence-corrected chi connectivity index (χ2v) is 12.3. The molecule has 0 aromatic heterocycles. The number of sulfonamides is 1. The second kappa shape index (κ2) is 14.0. The lowest BCUT2D eigenvalue weighted by molar-refractivity contribution is -0.140. The van der Waals surface area contributed by atoms with Crippen LogP contribution < -0.4 is 9.62 Å². The topological polar surface area (TPSA) is 86.8 Å². The largest absolute Gasteiger partial charge is 0.352 e. The highest BCUT2D eigenvalue weighted by Gasteiger charge is 2.34. The molecule has 0 spiro atoms. The van der Waals surface area contributed by atoms with Gasteiger partial charge in [-0.25, -0.2) is 8.42 Å². The molecule has 7 nitrogen and oxygen atoms in total. The summed E-state index contributed by atoms with van der Waals surface area (Å²) in [5, 5.41) is 3.64. The summed E-state index contributed by atoms with van der Waals surface area (Å²) in [6.07, 6.45) is 1.05. The zero-order valence-electron chi connectivity index (χ0n) is 23.1. The molecule has 214 valence electrons. The maximum Gasteiger partial charge on any atom is 0.264 e. The van der Waals surface area contributed by atoms with Gasteiger partial charge in [-0.15, -0.1) is 0 Å². The number of hydrogen-bond acceptors (Lipinski definition) is 4. The summed E-state index contributed by atoms with van der Waals surface area (Å²) in [5.41, 5.74) is 1.73. The van der Waals surface area contributed by atoms with E-state index in [2.05, 4.69) is 5.32 Å². The normalized spacial score (nSPS) is 12.8. The van der Waals surface area contributed by atoms with Gasteiger partial charge in [0, 0.05) is 12.6 Å². The molecule has 3 aromatic rings. The minimum atomic E-state index is -4.12. The number of benzene rings is 3. The van der Waals surface area contributed by atoms with Crippen LogP contribution in [0.3, 0.4) is 0 Å². The Morgan fingerprint density at radius 2 is 1.55 bits per heavy atom. The first-order valence-electron chi connectivity index (χ1n) is 13.2. The van der Waals surface area contributed by atoms with E-state index in [4.69, 9.17) is 23.2 Å². The van der Waals surface area contributed by atoms with Gasteiger partial charge < -0.3 is 10.2 Å². The Bertz CT molecular complexity index is 1430. The number of amides is 2. The van der Waals surface area contributed by atoms with Crippen LogP contribution in [0.25, 0.3) is 0 Å². The first-order chi connectivity index (χ1) is 19.0. The molecule has 0 aliphatic rings. The lowest BCUT2D eigenvalue weighted by atomic mass is 10.1. The first-order valence-corrected chi connectivity index (χ1v) is 15.4. The molecule has 3 aromatic carbocycles. The molecule has 1 N–H and O–H groups in total. The smallest absolute Gasteiger partial charge is 0.264 e. The number of para-hydroxylation sites is 1. The molecule has 10 heteroatoms. The molecular formula is C30H35Cl2N3O4S. The van der Waals surface area contributed by atoms with E-state index in [1.807, 2.05) is 20.8 Å². The van der Waals surface area contributed by atoms with E-state index >= 15 is 0 Å². The molecule has 0 fully saturated rings. The van der Waals surface area contributed by atoms with Crippen molar-refractivity contribution in [3.05, 3.63) is 94.0 Å². The molecule has 3 rings (SSSR count). The van der Waals surface area contributed by atoms with Crippen LogP contribution in [-0.2, 0) is 26.2 Å². The third-order valence-corrected chi connectivity index (χ3v) is 9.23. The van der Waals surface area contributed by atoms with Crippen molar-refractivity contribution in [3.8, 4) is 0 Å². The van der Waals surface area contributed by atoms with E-state index in [9.17, 15) is 18.0 Å². The van der Waals surface area contributed by atoms with Crippen LogP contribution in [0.1, 0.15) is 44.7 Å². The van der Waals surface area contributed by atoms with Gasteiger partial charge in [0.25, 0.3) is 10.0 Å². The fourth-order valence-corrected chi connectivity index (χ4v) is 6.09. The molecule has 0 unspecified atom stereocenters. The van der Waals surface area contributed by atoms with E-state index in [1.165, 1.54) is 17.0 Å². The maximum atomic E-state index is 14.1. The van der Waals surface area contributed by atoms with Crippen LogP contribution in [0.4, 0.5) is 5.69 Å². The number of aryl methyl sites for hydroxylation is 1. The Labute approximate surface area is 247 Å². The fraction of sp³-hybridized carbons (Fsp3) is 0.333. The van der Waals surface area contributed by atoms with E-state index in [0.717, 1.165) is 10.7 Å². The summed E-state index contributed by atoms with van der Waals surface area (Å²) in [5.74, 6) is -0.835. The third-order valence-electron chi connectivity index (χ3n) is 6.72. The molecule has 40 heavy (non-hydrogen) atoms. The van der Waals surface area contributed by atoms with Gasteiger partial charge in [0.15, 0.2) is 0 Å². The first kappa shape index (κ1) is 31.5. The van der Waals surface area contributed by atoms with Crippen LogP contribution in [-0.4, -0.2) is 43.8 Å². The third kappa shape index (κ3) is 7.56. The average molecular weight is 605 g/mol. The Balaban J connectivity index is 2.07. The number of carbonyl (C=O) groups is 2. The van der Waals surface area contributed by atoms with Crippen molar-refractivity contribution in [1.29, 1.82) is 0 Å². The molecule has 0 heterocycles. The lowest BCUT2D eigenvalue weighted by Gasteiger charge is -2.34. The highest BCUT2D eigenvalue weighted by molar-refractivity contribution is 7.92. The van der Waals surface area contributed by atoms with Crippen LogP contribution in [0.5, 0.6) is 0 Å². The second-order valence-electron chi connectivity index (χ2n) is 9.62. The number of rotatable bonds is 12. The van der Waals surface area contributed by atoms with Crippen molar-refractivity contribution in [1.82, 2.24) is 10.2 Å². The summed E-state index contributed by atoms with van der Waals surface area (Å²) in [4.78, 5) is 28.9. The predicted octanol–water partition coefficient (Wildman–Crippen LogP) is 6.22. The zero-order valence-corrected chi connectivity index (χ0v) is 25.4. The van der Waals surface area contributed by atoms with Crippen molar-refractivity contribution < 1.29 is 18.0 Å². The highest BCUT2D eigenvalue weighted by atomic mass is 35.5. The molecule has 0 aliphatic carbocycles. The SMILES string of the molecule is CC[C@H](C(=O)N[C@@H](C)CC)N(Cc1ccc(Cl)c(Cl)c1)C(=O)CN(c1ccccc1C)S(=O)(=O)c1ccccc1. The Morgan fingerprint density at radius 3 is 2.15 bits per heavy atom. The van der Waals surface area contributed by atoms with Gasteiger partial charge in [-0.1, -0.05) is 79.5 Å². The minimum Gasteiger partial charge on any atom is -0.352 e. The molecule has 0 saturated carbocycles. The molecule has 2 amide bonds. The number of anilines is 1. The Hall–Kier alpha value is -3.07. The number of carbonyl (C=O) groups excluding carboxylic acids is 2. The van der Waals surface area contributed by atoms with Gasteiger partial charge in [-0.2, -0.15) is 0 Å². The van der Waals surface area contributed by atoms with Crippen molar-refractivity contribution in [2.75, 3.05) is 10.8 Å². The van der Waals surface area contributed by atoms with Crippen molar-refractivity contribution in [3.63, 3.8) is 0 Å². The van der Waals surface area contributed by atoms with Crippen molar-refractivity contribution in [2.24, 2.45) is 0 Å². The molecular weight excluding hydrogens is 569 g/mol. The molecule has 0 radical (unpaired) electrons. The van der Waals surface area contributed by atoms with Crippen molar-refractivity contribution in [2.45, 2.75) is 64.1 Å². The highest BCUT2D eigenvalue weighted by Crippen LogP contribution is 2.28. The lowest BCUT2D eigenvalue weighted by Crippen LogP contribution is -2.53. The van der Waals surface area contributed by atoms with E-state index < -0.39 is 28.5 Å². The Morgan fingerprint density at radius 1 is 0.900 bits per heavy atom. The summed E-state index contributed by atoms with van der Waals surface area (Å²) < 4.78 is 28.9. The predicted molar refractivity (Wildman–Crippen MR) is 161 cm³/mol. The van der Waals surface area contributed by atoms with Crippen LogP contribution in [0.2, 0.25) is 10.0 Å². The molecule has 0 bridgehead atoms. The standard InChI is InChI=1S/C30H35Cl2N3O4S/c1-5-22(4)33-30(37)27(6-2)34(19-23-16-17-25(31)26(32)18-23)29(36)20-35(28-15-11-10-12-21(28)3)40(38,39)24-13-8-7-9-14-24/h7-18,22,27H,5-6,19-20H2,1-4H3,(H,33,37)/t22-,27+/m0/s1. The maximum absolute atomic E-state index is 14.1. The van der Waals surface area contributed by atoms with Gasteiger partial charge in [-0.05, 0) is 68.1 Å². The molecule has 0 aliphatic heterocycles. The van der Waals surface area contributed by atoms with Crippen LogP contribution in [0.15, 0.2) is 77.7 Å². The van der Waals surface area contributed by atoms with Gasteiger partial charge in [0.05, 0.1) is 20.6 Å². The average Bonchev–Trinajstić information content (AvgIpc) is 2.94. The van der Waals surface area contributed by atoms with Gasteiger partial charge in [-0.3, -0.25) is 13.9 Å². The summed E-state index contributed by atoms with van der Waals surface area (Å²) in [7, 11) is -4.12. The summed E-state index contributed by atoms with van der Waals surface area (Å²) in [6, 6.07) is 19.0. The quantitative estimate of drug-likeness (QED) is 0.266. The van der Waals surface area contributed by atoms with Crippen LogP contribution in [0, 0.1) is 6.92 Å². The molecule has 0 saturated heterocycles. The molecule has 2 atom stereocenters. The number of nitrogens with one attached hydrogen (secondary N) is 1. The Kier molecular flexibility index (Phi) is 11.0. The van der Waals surface area contributed by atoms with Gasteiger partial charge in [0.1, 0.15) is 12.6 Å². The van der Waals surface area contributed by atoms with Gasteiger partial charge in [0.2, 0.25) is 11.8 Å². The monoisotopic (exact) mass is 603 g/mol. The minimum absolute atomic E-state index is 0.0369. The fourth-order valence-electron chi connectivity index (χ4n) is 4.27. The van der Waals surface area contributed by atoms with E-state index in [0.29, 0.717) is 33.3 Å². The number of nitrogens with zero attached hydrogens (tertiary/aromatic N) is 2. The van der Waals surface area contributed by atoms with Crippen LogP contribution >= 0.6 is 23.2 Å². The number of hydrogen-bond donors (Lipinski definition) is 1. The van der Waals surface area contributed by atoms with Crippen molar-refractivity contribution >= 4 is 50.7 Å². The van der Waals surface area contributed by atoms with E-state index in [1.54, 1.807) is 67.6 Å². The summed E-state index contributed by atoms with van der Waals surface area (Å²) >= 11 is 12.4. The number of halogens is 2. The van der Waals surface area contributed by atoms with E-state index in [-0.39, 0.29) is 23.4 Å². The zero-order chi connectivity index (χ0) is 29.4.